The molecule has 1 atom stereocenters. The van der Waals surface area contributed by atoms with Crippen LogP contribution in [0.4, 0.5) is 19.4 Å². The number of carbonyl (C=O) groups excluding carboxylic acids is 2. The number of hydrogen-bond acceptors (Lipinski definition) is 5. The summed E-state index contributed by atoms with van der Waals surface area (Å²) in [5.74, 6) is -0.485. The number of rotatable bonds is 7. The van der Waals surface area contributed by atoms with Gasteiger partial charge in [0.15, 0.2) is 18.5 Å². The molecule has 36 heavy (non-hydrogen) atoms. The number of halogens is 2. The molecule has 3 aliphatic rings. The second-order valence-corrected chi connectivity index (χ2v) is 9.55. The third kappa shape index (κ3) is 5.38. The molecule has 0 saturated carbocycles. The van der Waals surface area contributed by atoms with Crippen LogP contribution in [0.5, 0.6) is 0 Å². The predicted molar refractivity (Wildman–Crippen MR) is 126 cm³/mol. The van der Waals surface area contributed by atoms with Crippen molar-refractivity contribution in [3.63, 3.8) is 0 Å². The lowest BCUT2D eigenvalue weighted by molar-refractivity contribution is -0.936. The summed E-state index contributed by atoms with van der Waals surface area (Å²) in [5, 5.41) is 9.43. The zero-order valence-electron chi connectivity index (χ0n) is 19.5. The van der Waals surface area contributed by atoms with Crippen molar-refractivity contribution >= 4 is 17.8 Å². The number of quaternary nitrogens is 1. The van der Waals surface area contributed by atoms with Crippen LogP contribution in [-0.4, -0.2) is 53.9 Å². The molecule has 0 aliphatic carbocycles. The van der Waals surface area contributed by atoms with E-state index in [9.17, 15) is 18.4 Å². The maximum Gasteiger partial charge on any atom is 0.408 e. The van der Waals surface area contributed by atoms with Gasteiger partial charge in [0.25, 0.3) is 5.91 Å². The Morgan fingerprint density at radius 2 is 1.72 bits per heavy atom. The zero-order chi connectivity index (χ0) is 25.1. The van der Waals surface area contributed by atoms with Gasteiger partial charge in [-0.15, -0.1) is 0 Å². The number of nitrogens with one attached hydrogen (secondary N) is 2. The maximum atomic E-state index is 13.9. The third-order valence-corrected chi connectivity index (χ3v) is 7.12. The monoisotopic (exact) mass is 497 g/mol. The molecule has 2 bridgehead atoms. The van der Waals surface area contributed by atoms with Gasteiger partial charge in [0.05, 0.1) is 25.7 Å². The highest BCUT2D eigenvalue weighted by Crippen LogP contribution is 2.34. The molecule has 4 heterocycles. The Labute approximate surface area is 206 Å². The van der Waals surface area contributed by atoms with Crippen molar-refractivity contribution in [2.75, 3.05) is 31.5 Å². The van der Waals surface area contributed by atoms with Crippen LogP contribution in [0.1, 0.15) is 30.1 Å². The highest BCUT2D eigenvalue weighted by molar-refractivity contribution is 5.90. The number of carbonyl (C=O) groups is 2. The maximum absolute atomic E-state index is 13.9. The standard InChI is InChI=1S/C26H26F2N4O4/c27-20-5-1-3-18(13-20)25(19-4-2-6-21(28)14-19)36-26(34)29-22-15-32(10-7-17(22)8-11-32)16-24(33)30-23-9-12-35-31-23/h1-6,9,12-14,17,22,25H,7-8,10-11,15-16H2,(H-,29,30,31,33,34)/p+1. The fraction of sp³-hybridized carbons (Fsp3) is 0.346. The zero-order valence-corrected chi connectivity index (χ0v) is 19.5. The van der Waals surface area contributed by atoms with Gasteiger partial charge in [-0.05, 0) is 41.3 Å². The smallest absolute Gasteiger partial charge is 0.408 e. The van der Waals surface area contributed by atoms with E-state index in [2.05, 4.69) is 15.8 Å². The molecule has 2 amide bonds. The van der Waals surface area contributed by atoms with Crippen molar-refractivity contribution in [1.82, 2.24) is 10.5 Å². The minimum absolute atomic E-state index is 0.164. The lowest BCUT2D eigenvalue weighted by Gasteiger charge is -2.52. The summed E-state index contributed by atoms with van der Waals surface area (Å²) >= 11 is 0. The third-order valence-electron chi connectivity index (χ3n) is 7.12. The first-order chi connectivity index (χ1) is 17.4. The minimum atomic E-state index is -0.978. The molecule has 6 rings (SSSR count). The number of amides is 2. The van der Waals surface area contributed by atoms with Gasteiger partial charge in [0.1, 0.15) is 17.9 Å². The van der Waals surface area contributed by atoms with E-state index in [-0.39, 0.29) is 24.4 Å². The summed E-state index contributed by atoms with van der Waals surface area (Å²) in [6.45, 7) is 2.55. The first-order valence-corrected chi connectivity index (χ1v) is 11.9. The second-order valence-electron chi connectivity index (χ2n) is 9.55. The quantitative estimate of drug-likeness (QED) is 0.481. The SMILES string of the molecule is O=C(C[N+]12CCC(CC1)C(NC(=O)OC(c1cccc(F)c1)c1cccc(F)c1)C2)Nc1ccon1. The lowest BCUT2D eigenvalue weighted by Crippen LogP contribution is -2.68. The fourth-order valence-corrected chi connectivity index (χ4v) is 5.40. The summed E-state index contributed by atoms with van der Waals surface area (Å²) in [4.78, 5) is 25.6. The van der Waals surface area contributed by atoms with E-state index < -0.39 is 23.8 Å². The lowest BCUT2D eigenvalue weighted by atomic mass is 9.81. The molecule has 2 aromatic carbocycles. The van der Waals surface area contributed by atoms with Gasteiger partial charge < -0.3 is 24.4 Å². The van der Waals surface area contributed by atoms with Gasteiger partial charge in [-0.3, -0.25) is 4.79 Å². The van der Waals surface area contributed by atoms with E-state index >= 15 is 0 Å². The van der Waals surface area contributed by atoms with Crippen LogP contribution >= 0.6 is 0 Å². The number of hydrogen-bond donors (Lipinski definition) is 2. The second kappa shape index (κ2) is 10.1. The Morgan fingerprint density at radius 1 is 1.06 bits per heavy atom. The Kier molecular flexibility index (Phi) is 6.69. The molecule has 3 fully saturated rings. The number of fused-ring (bicyclic) bond motifs is 3. The van der Waals surface area contributed by atoms with Gasteiger partial charge >= 0.3 is 6.09 Å². The van der Waals surface area contributed by atoms with Crippen molar-refractivity contribution in [3.05, 3.63) is 83.6 Å². The van der Waals surface area contributed by atoms with Crippen LogP contribution in [0.25, 0.3) is 0 Å². The van der Waals surface area contributed by atoms with Gasteiger partial charge in [-0.1, -0.05) is 29.4 Å². The molecule has 3 aromatic rings. The Hall–Kier alpha value is -3.79. The molecule has 2 N–H and O–H groups in total. The molecule has 3 aliphatic heterocycles. The molecule has 0 radical (unpaired) electrons. The number of benzene rings is 2. The van der Waals surface area contributed by atoms with Crippen molar-refractivity contribution in [2.45, 2.75) is 25.0 Å². The number of anilines is 1. The molecule has 10 heteroatoms. The van der Waals surface area contributed by atoms with Gasteiger partial charge in [-0.2, -0.15) is 0 Å². The number of alkyl carbamates (subject to hydrolysis) is 1. The molecular weight excluding hydrogens is 470 g/mol. The van der Waals surface area contributed by atoms with Gasteiger partial charge in [-0.25, -0.2) is 13.6 Å². The van der Waals surface area contributed by atoms with E-state index in [1.807, 2.05) is 0 Å². The summed E-state index contributed by atoms with van der Waals surface area (Å²) in [7, 11) is 0. The highest BCUT2D eigenvalue weighted by atomic mass is 19.1. The first-order valence-electron chi connectivity index (χ1n) is 11.9. The van der Waals surface area contributed by atoms with Crippen LogP contribution in [0, 0.1) is 17.6 Å². The van der Waals surface area contributed by atoms with Crippen LogP contribution in [0.3, 0.4) is 0 Å². The van der Waals surface area contributed by atoms with E-state index in [1.54, 1.807) is 18.2 Å². The average Bonchev–Trinajstić information content (AvgIpc) is 3.36. The number of ether oxygens (including phenoxy) is 1. The summed E-state index contributed by atoms with van der Waals surface area (Å²) in [5.41, 5.74) is 0.801. The summed E-state index contributed by atoms with van der Waals surface area (Å²) in [6, 6.07) is 12.8. The van der Waals surface area contributed by atoms with Crippen LogP contribution in [0.2, 0.25) is 0 Å². The Balaban J connectivity index is 1.27. The largest absolute Gasteiger partial charge is 0.436 e. The topological polar surface area (TPSA) is 93.5 Å². The molecule has 1 unspecified atom stereocenters. The minimum Gasteiger partial charge on any atom is -0.436 e. The number of aromatic nitrogens is 1. The van der Waals surface area contributed by atoms with Crippen molar-refractivity contribution in [2.24, 2.45) is 5.92 Å². The molecular formula is C26H27F2N4O4+. The number of nitrogens with zero attached hydrogens (tertiary/aromatic N) is 2. The first kappa shape index (κ1) is 23.9. The van der Waals surface area contributed by atoms with E-state index in [0.717, 1.165) is 25.9 Å². The molecule has 8 nitrogen and oxygen atoms in total. The van der Waals surface area contributed by atoms with Crippen molar-refractivity contribution in [3.8, 4) is 0 Å². The van der Waals surface area contributed by atoms with E-state index in [4.69, 9.17) is 9.26 Å². The number of piperidine rings is 3. The van der Waals surface area contributed by atoms with Crippen molar-refractivity contribution in [1.29, 1.82) is 0 Å². The summed E-state index contributed by atoms with van der Waals surface area (Å²) in [6.07, 6.45) is 1.49. The molecule has 1 aromatic heterocycles. The van der Waals surface area contributed by atoms with Crippen LogP contribution in [-0.2, 0) is 9.53 Å². The van der Waals surface area contributed by atoms with Gasteiger partial charge in [0.2, 0.25) is 0 Å². The Morgan fingerprint density at radius 3 is 2.31 bits per heavy atom. The molecule has 3 saturated heterocycles. The highest BCUT2D eigenvalue weighted by Gasteiger charge is 2.47. The molecule has 0 spiro atoms. The predicted octanol–water partition coefficient (Wildman–Crippen LogP) is 4.02. The van der Waals surface area contributed by atoms with Gasteiger partial charge in [0, 0.05) is 18.9 Å². The molecule has 188 valence electrons. The van der Waals surface area contributed by atoms with E-state index in [0.29, 0.717) is 28.0 Å². The van der Waals surface area contributed by atoms with Crippen LogP contribution in [0.15, 0.2) is 65.4 Å². The normalized spacial score (nSPS) is 22.9. The Bertz CT molecular complexity index is 1180. The average molecular weight is 498 g/mol. The van der Waals surface area contributed by atoms with Crippen LogP contribution < -0.4 is 10.6 Å². The summed E-state index contributed by atoms with van der Waals surface area (Å²) < 4.78 is 38.9. The van der Waals surface area contributed by atoms with E-state index in [1.165, 1.54) is 42.7 Å². The fourth-order valence-electron chi connectivity index (χ4n) is 5.40. The van der Waals surface area contributed by atoms with Crippen molar-refractivity contribution < 1.29 is 32.1 Å².